The Bertz CT molecular complexity index is 107. The van der Waals surface area contributed by atoms with E-state index in [-0.39, 0.29) is 0 Å². The summed E-state index contributed by atoms with van der Waals surface area (Å²) in [6, 6.07) is 0. The lowest BCUT2D eigenvalue weighted by Gasteiger charge is -2.18. The van der Waals surface area contributed by atoms with Crippen molar-refractivity contribution in [3.63, 3.8) is 0 Å². The van der Waals surface area contributed by atoms with Gasteiger partial charge in [-0.3, -0.25) is 0 Å². The molecule has 2 nitrogen and oxygen atoms in total. The minimum absolute atomic E-state index is 1.06. The van der Waals surface area contributed by atoms with Gasteiger partial charge in [-0.1, -0.05) is 26.2 Å². The van der Waals surface area contributed by atoms with Gasteiger partial charge >= 0.3 is 0 Å². The molecule has 0 aromatic heterocycles. The quantitative estimate of drug-likeness (QED) is 0.595. The van der Waals surface area contributed by atoms with Crippen LogP contribution in [-0.4, -0.2) is 37.6 Å². The van der Waals surface area contributed by atoms with E-state index in [4.69, 9.17) is 0 Å². The summed E-state index contributed by atoms with van der Waals surface area (Å²) in [7, 11) is 0. The van der Waals surface area contributed by atoms with Crippen molar-refractivity contribution in [3.05, 3.63) is 0 Å². The second-order valence-electron chi connectivity index (χ2n) is 3.93. The van der Waals surface area contributed by atoms with Crippen molar-refractivity contribution >= 4 is 0 Å². The molecule has 1 aliphatic rings. The lowest BCUT2D eigenvalue weighted by molar-refractivity contribution is 0.285. The summed E-state index contributed by atoms with van der Waals surface area (Å²) < 4.78 is 0. The monoisotopic (exact) mass is 183 g/mol. The molecule has 1 radical (unpaired) electrons. The van der Waals surface area contributed by atoms with Crippen LogP contribution in [-0.2, 0) is 0 Å². The molecule has 0 aromatic carbocycles. The van der Waals surface area contributed by atoms with Crippen molar-refractivity contribution in [1.29, 1.82) is 0 Å². The van der Waals surface area contributed by atoms with E-state index in [2.05, 4.69) is 17.1 Å². The lowest BCUT2D eigenvalue weighted by Crippen LogP contribution is -2.28. The summed E-state index contributed by atoms with van der Waals surface area (Å²) >= 11 is 0. The molecule has 0 amide bonds. The minimum atomic E-state index is 1.06. The Morgan fingerprint density at radius 1 is 1.08 bits per heavy atom. The van der Waals surface area contributed by atoms with Crippen LogP contribution in [0.2, 0.25) is 0 Å². The van der Waals surface area contributed by atoms with Crippen molar-refractivity contribution < 1.29 is 0 Å². The van der Waals surface area contributed by atoms with Gasteiger partial charge in [0.25, 0.3) is 0 Å². The van der Waals surface area contributed by atoms with E-state index in [1.807, 2.05) is 0 Å². The molecule has 0 aromatic rings. The van der Waals surface area contributed by atoms with Crippen molar-refractivity contribution in [2.45, 2.75) is 39.0 Å². The van der Waals surface area contributed by atoms with E-state index in [0.717, 1.165) is 13.1 Å². The lowest BCUT2D eigenvalue weighted by atomic mass is 10.2. The highest BCUT2D eigenvalue weighted by molar-refractivity contribution is 4.65. The molecule has 0 N–H and O–H groups in total. The van der Waals surface area contributed by atoms with E-state index in [0.29, 0.717) is 0 Å². The highest BCUT2D eigenvalue weighted by Crippen LogP contribution is 2.03. The standard InChI is InChI=1S/C11H23N2/c1-2-3-4-5-9-13-10-6-7-12-8-11-13/h2-11H2,1H3. The molecule has 0 aliphatic carbocycles. The van der Waals surface area contributed by atoms with Gasteiger partial charge < -0.3 is 4.90 Å². The molecule has 0 unspecified atom stereocenters. The highest BCUT2D eigenvalue weighted by Gasteiger charge is 2.07. The van der Waals surface area contributed by atoms with Crippen LogP contribution in [0.25, 0.3) is 0 Å². The van der Waals surface area contributed by atoms with E-state index in [9.17, 15) is 0 Å². The maximum Gasteiger partial charge on any atom is 0.0261 e. The first-order chi connectivity index (χ1) is 6.43. The summed E-state index contributed by atoms with van der Waals surface area (Å²) in [5.74, 6) is 0. The number of unbranched alkanes of at least 4 members (excludes halogenated alkanes) is 3. The first kappa shape index (κ1) is 11.0. The summed E-state index contributed by atoms with van der Waals surface area (Å²) in [6.07, 6.45) is 6.80. The normalized spacial score (nSPS) is 20.1. The van der Waals surface area contributed by atoms with Crippen LogP contribution in [0.3, 0.4) is 0 Å². The van der Waals surface area contributed by atoms with Crippen LogP contribution in [0, 0.1) is 0 Å². The Balaban J connectivity index is 1.98. The van der Waals surface area contributed by atoms with E-state index < -0.39 is 0 Å². The Hall–Kier alpha value is -0.0800. The zero-order valence-corrected chi connectivity index (χ0v) is 8.97. The van der Waals surface area contributed by atoms with Gasteiger partial charge in [-0.2, -0.15) is 0 Å². The van der Waals surface area contributed by atoms with E-state index in [1.165, 1.54) is 51.7 Å². The van der Waals surface area contributed by atoms with Crippen LogP contribution < -0.4 is 5.32 Å². The molecular formula is C11H23N2. The molecule has 2 heteroatoms. The van der Waals surface area contributed by atoms with Crippen LogP contribution in [0.1, 0.15) is 39.0 Å². The fourth-order valence-corrected chi connectivity index (χ4v) is 1.83. The maximum atomic E-state index is 4.42. The topological polar surface area (TPSA) is 17.3 Å². The molecule has 1 saturated heterocycles. The molecular weight excluding hydrogens is 160 g/mol. The third kappa shape index (κ3) is 5.27. The molecule has 0 saturated carbocycles. The van der Waals surface area contributed by atoms with Gasteiger partial charge in [0.2, 0.25) is 0 Å². The third-order valence-electron chi connectivity index (χ3n) is 2.69. The first-order valence-electron chi connectivity index (χ1n) is 5.79. The van der Waals surface area contributed by atoms with Crippen LogP contribution >= 0.6 is 0 Å². The molecule has 0 spiro atoms. The molecule has 1 aliphatic heterocycles. The second kappa shape index (κ2) is 7.34. The largest absolute Gasteiger partial charge is 0.302 e. The van der Waals surface area contributed by atoms with Crippen LogP contribution in [0.15, 0.2) is 0 Å². The number of nitrogens with zero attached hydrogens (tertiary/aromatic N) is 2. The average molecular weight is 183 g/mol. The van der Waals surface area contributed by atoms with Crippen molar-refractivity contribution in [1.82, 2.24) is 10.2 Å². The van der Waals surface area contributed by atoms with Gasteiger partial charge in [0.15, 0.2) is 0 Å². The minimum Gasteiger partial charge on any atom is -0.302 e. The van der Waals surface area contributed by atoms with Crippen molar-refractivity contribution in [3.8, 4) is 0 Å². The summed E-state index contributed by atoms with van der Waals surface area (Å²) in [5.41, 5.74) is 0. The van der Waals surface area contributed by atoms with E-state index >= 15 is 0 Å². The Labute approximate surface area is 82.7 Å². The molecule has 13 heavy (non-hydrogen) atoms. The Morgan fingerprint density at radius 3 is 2.85 bits per heavy atom. The zero-order chi connectivity index (χ0) is 9.36. The number of hydrogen-bond acceptors (Lipinski definition) is 1. The van der Waals surface area contributed by atoms with Crippen LogP contribution in [0.4, 0.5) is 0 Å². The molecule has 0 atom stereocenters. The van der Waals surface area contributed by atoms with Gasteiger partial charge in [0, 0.05) is 19.6 Å². The smallest absolute Gasteiger partial charge is 0.0261 e. The molecule has 1 rings (SSSR count). The third-order valence-corrected chi connectivity index (χ3v) is 2.69. The molecule has 1 fully saturated rings. The highest BCUT2D eigenvalue weighted by atomic mass is 15.1. The van der Waals surface area contributed by atoms with Crippen molar-refractivity contribution in [2.24, 2.45) is 0 Å². The first-order valence-corrected chi connectivity index (χ1v) is 5.79. The predicted octanol–water partition coefficient (Wildman–Crippen LogP) is 1.88. The van der Waals surface area contributed by atoms with Gasteiger partial charge in [-0.25, -0.2) is 5.32 Å². The van der Waals surface area contributed by atoms with Gasteiger partial charge in [0.05, 0.1) is 0 Å². The molecule has 1 heterocycles. The SMILES string of the molecule is CCCCCCN1CCC[N]CC1. The molecule has 0 bridgehead atoms. The second-order valence-corrected chi connectivity index (χ2v) is 3.93. The maximum absolute atomic E-state index is 4.42. The fourth-order valence-electron chi connectivity index (χ4n) is 1.83. The Kier molecular flexibility index (Phi) is 6.21. The molecule has 77 valence electrons. The van der Waals surface area contributed by atoms with Gasteiger partial charge in [-0.05, 0) is 25.9 Å². The number of rotatable bonds is 5. The number of hydrogen-bond donors (Lipinski definition) is 0. The summed E-state index contributed by atoms with van der Waals surface area (Å²) in [6.45, 7) is 8.20. The van der Waals surface area contributed by atoms with Crippen LogP contribution in [0.5, 0.6) is 0 Å². The summed E-state index contributed by atoms with van der Waals surface area (Å²) in [4.78, 5) is 2.58. The summed E-state index contributed by atoms with van der Waals surface area (Å²) in [5, 5.41) is 4.42. The van der Waals surface area contributed by atoms with E-state index in [1.54, 1.807) is 0 Å². The fraction of sp³-hybridized carbons (Fsp3) is 1.00. The van der Waals surface area contributed by atoms with Gasteiger partial charge in [0.1, 0.15) is 0 Å². The average Bonchev–Trinajstić information content (AvgIpc) is 2.41. The van der Waals surface area contributed by atoms with Crippen molar-refractivity contribution in [2.75, 3.05) is 32.7 Å². The Morgan fingerprint density at radius 2 is 2.00 bits per heavy atom. The van der Waals surface area contributed by atoms with Gasteiger partial charge in [-0.15, -0.1) is 0 Å². The predicted molar refractivity (Wildman–Crippen MR) is 57.1 cm³/mol. The zero-order valence-electron chi connectivity index (χ0n) is 8.97.